The van der Waals surface area contributed by atoms with Crippen LogP contribution in [0.2, 0.25) is 0 Å². The zero-order valence-corrected chi connectivity index (χ0v) is 9.85. The van der Waals surface area contributed by atoms with E-state index in [-0.39, 0.29) is 4.75 Å². The van der Waals surface area contributed by atoms with Gasteiger partial charge in [-0.1, -0.05) is 12.1 Å². The lowest BCUT2D eigenvalue weighted by molar-refractivity contribution is 0.403. The van der Waals surface area contributed by atoms with Gasteiger partial charge in [0.2, 0.25) is 0 Å². The van der Waals surface area contributed by atoms with Gasteiger partial charge in [0.1, 0.15) is 5.75 Å². The third kappa shape index (κ3) is 2.35. The van der Waals surface area contributed by atoms with Gasteiger partial charge >= 0.3 is 0 Å². The fraction of sp³-hybridized carbons (Fsp3) is 0.455. The summed E-state index contributed by atoms with van der Waals surface area (Å²) in [6.07, 6.45) is 0. The van der Waals surface area contributed by atoms with Crippen LogP contribution in [-0.4, -0.2) is 16.1 Å². The van der Waals surface area contributed by atoms with Gasteiger partial charge in [-0.2, -0.15) is 0 Å². The van der Waals surface area contributed by atoms with Crippen LogP contribution in [0.15, 0.2) is 29.2 Å². The van der Waals surface area contributed by atoms with Crippen LogP contribution in [0.5, 0.6) is 5.75 Å². The standard InChI is InChI=1S/C11H16O2S/c1-11(2,3)14(12)10-8-6-5-7-9(10)13-4/h5-8H,1-4H3. The molecule has 3 heteroatoms. The molecule has 0 spiro atoms. The van der Waals surface area contributed by atoms with Crippen LogP contribution in [-0.2, 0) is 10.8 Å². The smallest absolute Gasteiger partial charge is 0.134 e. The summed E-state index contributed by atoms with van der Waals surface area (Å²) in [6, 6.07) is 7.43. The third-order valence-corrected chi connectivity index (χ3v) is 3.67. The van der Waals surface area contributed by atoms with Crippen molar-refractivity contribution in [2.75, 3.05) is 7.11 Å². The van der Waals surface area contributed by atoms with Crippen molar-refractivity contribution in [2.24, 2.45) is 0 Å². The minimum absolute atomic E-state index is 0.255. The summed E-state index contributed by atoms with van der Waals surface area (Å²) in [6.45, 7) is 5.86. The second-order valence-corrected chi connectivity index (χ2v) is 6.23. The predicted molar refractivity (Wildman–Crippen MR) is 59.2 cm³/mol. The molecule has 0 fully saturated rings. The fourth-order valence-electron chi connectivity index (χ4n) is 1.10. The van der Waals surface area contributed by atoms with Crippen molar-refractivity contribution in [1.82, 2.24) is 0 Å². The van der Waals surface area contributed by atoms with E-state index in [2.05, 4.69) is 0 Å². The average Bonchev–Trinajstić information content (AvgIpc) is 2.15. The highest BCUT2D eigenvalue weighted by atomic mass is 32.2. The molecule has 0 aliphatic carbocycles. The molecular weight excluding hydrogens is 196 g/mol. The van der Waals surface area contributed by atoms with Crippen molar-refractivity contribution in [3.63, 3.8) is 0 Å². The largest absolute Gasteiger partial charge is 0.495 e. The van der Waals surface area contributed by atoms with Gasteiger partial charge in [-0.15, -0.1) is 0 Å². The first-order valence-electron chi connectivity index (χ1n) is 4.51. The Hall–Kier alpha value is -0.830. The molecule has 14 heavy (non-hydrogen) atoms. The summed E-state index contributed by atoms with van der Waals surface area (Å²) in [5.41, 5.74) is 0. The van der Waals surface area contributed by atoms with Gasteiger partial charge < -0.3 is 4.74 Å². The van der Waals surface area contributed by atoms with Gasteiger partial charge in [0, 0.05) is 4.75 Å². The maximum Gasteiger partial charge on any atom is 0.134 e. The molecule has 0 saturated carbocycles. The van der Waals surface area contributed by atoms with Crippen LogP contribution >= 0.6 is 0 Å². The molecule has 78 valence electrons. The van der Waals surface area contributed by atoms with Crippen molar-refractivity contribution < 1.29 is 8.95 Å². The zero-order chi connectivity index (χ0) is 10.8. The number of rotatable bonds is 2. The van der Waals surface area contributed by atoms with Crippen molar-refractivity contribution in [1.29, 1.82) is 0 Å². The van der Waals surface area contributed by atoms with E-state index in [9.17, 15) is 4.21 Å². The molecule has 1 unspecified atom stereocenters. The van der Waals surface area contributed by atoms with E-state index in [0.29, 0.717) is 5.75 Å². The van der Waals surface area contributed by atoms with Crippen LogP contribution in [0.4, 0.5) is 0 Å². The van der Waals surface area contributed by atoms with Crippen LogP contribution < -0.4 is 4.74 Å². The summed E-state index contributed by atoms with van der Waals surface area (Å²) in [5.74, 6) is 0.695. The number of methoxy groups -OCH3 is 1. The minimum atomic E-state index is -1.04. The summed E-state index contributed by atoms with van der Waals surface area (Å²) >= 11 is 0. The molecule has 0 aliphatic rings. The first-order chi connectivity index (χ1) is 6.46. The highest BCUT2D eigenvalue weighted by molar-refractivity contribution is 7.86. The van der Waals surface area contributed by atoms with Crippen molar-refractivity contribution in [2.45, 2.75) is 30.4 Å². The summed E-state index contributed by atoms with van der Waals surface area (Å²) in [7, 11) is 0.559. The molecule has 1 atom stereocenters. The Morgan fingerprint density at radius 2 is 1.79 bits per heavy atom. The Morgan fingerprint density at radius 3 is 2.29 bits per heavy atom. The van der Waals surface area contributed by atoms with Gasteiger partial charge in [0.05, 0.1) is 22.8 Å². The number of ether oxygens (including phenoxy) is 1. The highest BCUT2D eigenvalue weighted by Crippen LogP contribution is 2.27. The monoisotopic (exact) mass is 212 g/mol. The van der Waals surface area contributed by atoms with E-state index in [0.717, 1.165) is 4.90 Å². The number of hydrogen-bond acceptors (Lipinski definition) is 2. The first-order valence-corrected chi connectivity index (χ1v) is 5.66. The maximum absolute atomic E-state index is 12.1. The zero-order valence-electron chi connectivity index (χ0n) is 9.03. The van der Waals surface area contributed by atoms with Crippen LogP contribution in [0.25, 0.3) is 0 Å². The molecule has 0 bridgehead atoms. The van der Waals surface area contributed by atoms with Gasteiger partial charge in [-0.3, -0.25) is 4.21 Å². The van der Waals surface area contributed by atoms with E-state index < -0.39 is 10.8 Å². The van der Waals surface area contributed by atoms with Crippen LogP contribution in [0, 0.1) is 0 Å². The maximum atomic E-state index is 12.1. The van der Waals surface area contributed by atoms with Crippen molar-refractivity contribution in [3.8, 4) is 5.75 Å². The van der Waals surface area contributed by atoms with Crippen molar-refractivity contribution >= 4 is 10.8 Å². The molecule has 1 aromatic carbocycles. The Morgan fingerprint density at radius 1 is 1.21 bits per heavy atom. The molecule has 1 aromatic rings. The first kappa shape index (κ1) is 11.2. The fourth-order valence-corrected chi connectivity index (χ4v) is 2.30. The second-order valence-electron chi connectivity index (χ2n) is 4.03. The average molecular weight is 212 g/mol. The Bertz CT molecular complexity index is 339. The lowest BCUT2D eigenvalue weighted by atomic mass is 10.3. The molecule has 0 saturated heterocycles. The highest BCUT2D eigenvalue weighted by Gasteiger charge is 2.23. The SMILES string of the molecule is COc1ccccc1S(=O)C(C)(C)C. The summed E-state index contributed by atoms with van der Waals surface area (Å²) < 4.78 is 17.0. The van der Waals surface area contributed by atoms with Crippen LogP contribution in [0.1, 0.15) is 20.8 Å². The second kappa shape index (κ2) is 4.13. The molecule has 1 rings (SSSR count). The molecular formula is C11H16O2S. The van der Waals surface area contributed by atoms with E-state index in [1.807, 2.05) is 45.0 Å². The third-order valence-electron chi connectivity index (χ3n) is 1.82. The number of para-hydroxylation sites is 1. The topological polar surface area (TPSA) is 26.3 Å². The Kier molecular flexibility index (Phi) is 3.32. The molecule has 2 nitrogen and oxygen atoms in total. The van der Waals surface area contributed by atoms with E-state index in [4.69, 9.17) is 4.74 Å². The molecule has 0 radical (unpaired) electrons. The number of hydrogen-bond donors (Lipinski definition) is 0. The van der Waals surface area contributed by atoms with Gasteiger partial charge in [0.15, 0.2) is 0 Å². The molecule has 0 aliphatic heterocycles. The van der Waals surface area contributed by atoms with E-state index in [1.165, 1.54) is 0 Å². The molecule has 0 aromatic heterocycles. The Balaban J connectivity index is 3.13. The summed E-state index contributed by atoms with van der Waals surface area (Å²) in [5, 5.41) is 0. The van der Waals surface area contributed by atoms with Gasteiger partial charge in [-0.05, 0) is 32.9 Å². The number of benzene rings is 1. The molecule has 0 N–H and O–H groups in total. The minimum Gasteiger partial charge on any atom is -0.495 e. The molecule has 0 amide bonds. The van der Waals surface area contributed by atoms with Gasteiger partial charge in [-0.25, -0.2) is 0 Å². The van der Waals surface area contributed by atoms with Crippen LogP contribution in [0.3, 0.4) is 0 Å². The van der Waals surface area contributed by atoms with Gasteiger partial charge in [0.25, 0.3) is 0 Å². The molecule has 0 heterocycles. The lowest BCUT2D eigenvalue weighted by Crippen LogP contribution is -2.22. The van der Waals surface area contributed by atoms with E-state index >= 15 is 0 Å². The van der Waals surface area contributed by atoms with Crippen molar-refractivity contribution in [3.05, 3.63) is 24.3 Å². The van der Waals surface area contributed by atoms with E-state index in [1.54, 1.807) is 7.11 Å². The quantitative estimate of drug-likeness (QED) is 0.753. The predicted octanol–water partition coefficient (Wildman–Crippen LogP) is 2.60. The lowest BCUT2D eigenvalue weighted by Gasteiger charge is -2.19. The Labute approximate surface area is 87.7 Å². The normalized spacial score (nSPS) is 13.7. The summed E-state index contributed by atoms with van der Waals surface area (Å²) in [4.78, 5) is 0.766.